The topological polar surface area (TPSA) is 42.7 Å². The van der Waals surface area contributed by atoms with Gasteiger partial charge in [0.2, 0.25) is 0 Å². The summed E-state index contributed by atoms with van der Waals surface area (Å²) in [7, 11) is 1.91. The Hall–Kier alpha value is -1.68. The minimum Gasteiger partial charge on any atom is -0.313 e. The number of benzene rings is 1. The number of rotatable bonds is 4. The van der Waals surface area contributed by atoms with E-state index in [0.717, 1.165) is 18.9 Å². The molecular formula is C12H16N4. The minimum absolute atomic E-state index is 0.742. The van der Waals surface area contributed by atoms with Gasteiger partial charge in [0.25, 0.3) is 0 Å². The first-order valence-electron chi connectivity index (χ1n) is 5.36. The highest BCUT2D eigenvalue weighted by Crippen LogP contribution is 2.06. The molecule has 0 atom stereocenters. The van der Waals surface area contributed by atoms with Crippen LogP contribution in [0.25, 0.3) is 0 Å². The molecule has 16 heavy (non-hydrogen) atoms. The average molecular weight is 216 g/mol. The van der Waals surface area contributed by atoms with E-state index in [1.807, 2.05) is 11.7 Å². The maximum atomic E-state index is 4.22. The van der Waals surface area contributed by atoms with E-state index in [1.54, 1.807) is 6.33 Å². The fourth-order valence-electron chi connectivity index (χ4n) is 1.58. The van der Waals surface area contributed by atoms with Crippen LogP contribution in [0.3, 0.4) is 0 Å². The summed E-state index contributed by atoms with van der Waals surface area (Å²) < 4.78 is 1.92. The predicted molar refractivity (Wildman–Crippen MR) is 63.1 cm³/mol. The fraction of sp³-hybridized carbons (Fsp3) is 0.333. The summed E-state index contributed by atoms with van der Waals surface area (Å²) in [5.41, 5.74) is 2.52. The molecule has 0 amide bonds. The van der Waals surface area contributed by atoms with Gasteiger partial charge in [-0.25, -0.2) is 9.67 Å². The van der Waals surface area contributed by atoms with E-state index >= 15 is 0 Å². The van der Waals surface area contributed by atoms with Crippen molar-refractivity contribution in [1.29, 1.82) is 0 Å². The molecule has 4 heteroatoms. The molecule has 1 N–H and O–H groups in total. The maximum Gasteiger partial charge on any atom is 0.141 e. The zero-order valence-corrected chi connectivity index (χ0v) is 9.64. The van der Waals surface area contributed by atoms with Crippen molar-refractivity contribution in [3.8, 4) is 0 Å². The Labute approximate surface area is 95.3 Å². The van der Waals surface area contributed by atoms with E-state index in [0.29, 0.717) is 0 Å². The third-order valence-corrected chi connectivity index (χ3v) is 2.48. The molecule has 1 aromatic carbocycles. The number of aryl methyl sites for hydroxylation is 1. The summed E-state index contributed by atoms with van der Waals surface area (Å²) in [5.74, 6) is 0.961. The lowest BCUT2D eigenvalue weighted by molar-refractivity contribution is 0.613. The quantitative estimate of drug-likeness (QED) is 0.839. The molecule has 0 saturated carbocycles. The number of nitrogens with zero attached hydrogens (tertiary/aromatic N) is 3. The monoisotopic (exact) mass is 216 g/mol. The van der Waals surface area contributed by atoms with Crippen LogP contribution < -0.4 is 5.32 Å². The second kappa shape index (κ2) is 4.90. The van der Waals surface area contributed by atoms with Gasteiger partial charge in [-0.15, -0.1) is 0 Å². The molecule has 4 nitrogen and oxygen atoms in total. The highest BCUT2D eigenvalue weighted by atomic mass is 15.3. The SMILES string of the molecule is CNCc1ncnn1Cc1ccc(C)cc1. The number of hydrogen-bond acceptors (Lipinski definition) is 3. The highest BCUT2D eigenvalue weighted by molar-refractivity contribution is 5.21. The standard InChI is InChI=1S/C12H16N4/c1-10-3-5-11(6-4-10)8-16-12(7-13-2)14-9-15-16/h3-6,9,13H,7-8H2,1-2H3. The van der Waals surface area contributed by atoms with Crippen molar-refractivity contribution >= 4 is 0 Å². The van der Waals surface area contributed by atoms with Gasteiger partial charge in [-0.1, -0.05) is 29.8 Å². The Morgan fingerprint density at radius 1 is 1.25 bits per heavy atom. The summed E-state index contributed by atoms with van der Waals surface area (Å²) >= 11 is 0. The second-order valence-corrected chi connectivity index (χ2v) is 3.85. The summed E-state index contributed by atoms with van der Waals surface area (Å²) in [6.45, 7) is 3.61. The third-order valence-electron chi connectivity index (χ3n) is 2.48. The second-order valence-electron chi connectivity index (χ2n) is 3.85. The summed E-state index contributed by atoms with van der Waals surface area (Å²) in [6, 6.07) is 8.48. The van der Waals surface area contributed by atoms with Crippen LogP contribution in [0.5, 0.6) is 0 Å². The molecule has 0 fully saturated rings. The summed E-state index contributed by atoms with van der Waals surface area (Å²) in [4.78, 5) is 4.21. The van der Waals surface area contributed by atoms with Crippen molar-refractivity contribution < 1.29 is 0 Å². The van der Waals surface area contributed by atoms with Crippen molar-refractivity contribution in [2.75, 3.05) is 7.05 Å². The van der Waals surface area contributed by atoms with Crippen LogP contribution in [-0.4, -0.2) is 21.8 Å². The molecule has 0 unspecified atom stereocenters. The zero-order chi connectivity index (χ0) is 11.4. The van der Waals surface area contributed by atoms with Gasteiger partial charge < -0.3 is 5.32 Å². The van der Waals surface area contributed by atoms with Crippen molar-refractivity contribution in [3.05, 3.63) is 47.5 Å². The van der Waals surface area contributed by atoms with Crippen molar-refractivity contribution in [1.82, 2.24) is 20.1 Å². The third kappa shape index (κ3) is 2.46. The van der Waals surface area contributed by atoms with Crippen LogP contribution in [0.2, 0.25) is 0 Å². The molecule has 0 aliphatic rings. The smallest absolute Gasteiger partial charge is 0.141 e. The Morgan fingerprint density at radius 2 is 2.00 bits per heavy atom. The molecule has 0 spiro atoms. The molecule has 0 aliphatic carbocycles. The Morgan fingerprint density at radius 3 is 2.69 bits per heavy atom. The van der Waals surface area contributed by atoms with Crippen molar-refractivity contribution in [3.63, 3.8) is 0 Å². The van der Waals surface area contributed by atoms with E-state index in [9.17, 15) is 0 Å². The molecule has 1 aromatic heterocycles. The van der Waals surface area contributed by atoms with Gasteiger partial charge in [0, 0.05) is 0 Å². The first kappa shape index (κ1) is 10.8. The van der Waals surface area contributed by atoms with Gasteiger partial charge in [0.15, 0.2) is 0 Å². The van der Waals surface area contributed by atoms with E-state index in [4.69, 9.17) is 0 Å². The Kier molecular flexibility index (Phi) is 3.31. The lowest BCUT2D eigenvalue weighted by atomic mass is 10.1. The number of nitrogens with one attached hydrogen (secondary N) is 1. The number of aromatic nitrogens is 3. The molecular weight excluding hydrogens is 200 g/mol. The van der Waals surface area contributed by atoms with Crippen LogP contribution in [0.15, 0.2) is 30.6 Å². The maximum absolute atomic E-state index is 4.22. The number of hydrogen-bond donors (Lipinski definition) is 1. The molecule has 0 aliphatic heterocycles. The van der Waals surface area contributed by atoms with Crippen LogP contribution in [0.1, 0.15) is 17.0 Å². The average Bonchev–Trinajstić information content (AvgIpc) is 2.70. The van der Waals surface area contributed by atoms with Gasteiger partial charge in [0.1, 0.15) is 12.2 Å². The van der Waals surface area contributed by atoms with E-state index in [2.05, 4.69) is 46.6 Å². The highest BCUT2D eigenvalue weighted by Gasteiger charge is 2.03. The molecule has 84 valence electrons. The molecule has 0 radical (unpaired) electrons. The fourth-order valence-corrected chi connectivity index (χ4v) is 1.58. The van der Waals surface area contributed by atoms with E-state index < -0.39 is 0 Å². The summed E-state index contributed by atoms with van der Waals surface area (Å²) in [5, 5.41) is 7.30. The van der Waals surface area contributed by atoms with Gasteiger partial charge >= 0.3 is 0 Å². The van der Waals surface area contributed by atoms with Gasteiger partial charge in [-0.2, -0.15) is 5.10 Å². The van der Waals surface area contributed by atoms with Crippen LogP contribution in [0.4, 0.5) is 0 Å². The lowest BCUT2D eigenvalue weighted by Crippen LogP contribution is -2.14. The summed E-state index contributed by atoms with van der Waals surface area (Å²) in [6.07, 6.45) is 1.60. The normalized spacial score (nSPS) is 10.6. The van der Waals surface area contributed by atoms with Crippen LogP contribution in [0, 0.1) is 6.92 Å². The molecule has 2 rings (SSSR count). The first-order valence-corrected chi connectivity index (χ1v) is 5.36. The van der Waals surface area contributed by atoms with E-state index in [-0.39, 0.29) is 0 Å². The molecule has 0 bridgehead atoms. The first-order chi connectivity index (χ1) is 7.79. The van der Waals surface area contributed by atoms with E-state index in [1.165, 1.54) is 11.1 Å². The zero-order valence-electron chi connectivity index (χ0n) is 9.64. The minimum atomic E-state index is 0.742. The Bertz CT molecular complexity index is 444. The molecule has 0 saturated heterocycles. The molecule has 2 aromatic rings. The van der Waals surface area contributed by atoms with Crippen LogP contribution in [-0.2, 0) is 13.1 Å². The van der Waals surface area contributed by atoms with Crippen molar-refractivity contribution in [2.24, 2.45) is 0 Å². The largest absolute Gasteiger partial charge is 0.313 e. The van der Waals surface area contributed by atoms with Gasteiger partial charge in [-0.3, -0.25) is 0 Å². The molecule has 1 heterocycles. The van der Waals surface area contributed by atoms with Crippen LogP contribution >= 0.6 is 0 Å². The van der Waals surface area contributed by atoms with Crippen molar-refractivity contribution in [2.45, 2.75) is 20.0 Å². The predicted octanol–water partition coefficient (Wildman–Crippen LogP) is 1.35. The Balaban J connectivity index is 2.13. The van der Waals surface area contributed by atoms with Gasteiger partial charge in [0.05, 0.1) is 13.1 Å². The lowest BCUT2D eigenvalue weighted by Gasteiger charge is -2.06. The van der Waals surface area contributed by atoms with Gasteiger partial charge in [-0.05, 0) is 19.5 Å².